The van der Waals surface area contributed by atoms with Crippen molar-refractivity contribution in [3.8, 4) is 5.75 Å². The van der Waals surface area contributed by atoms with E-state index >= 15 is 0 Å². The highest BCUT2D eigenvalue weighted by Gasteiger charge is 2.46. The van der Waals surface area contributed by atoms with Crippen molar-refractivity contribution < 1.29 is 45.3 Å². The summed E-state index contributed by atoms with van der Waals surface area (Å²) in [6.07, 6.45) is 2.05. The maximum atomic E-state index is 13.7. The molecule has 3 N–H and O–H groups in total. The Bertz CT molecular complexity index is 1670. The Morgan fingerprint density at radius 3 is 2.58 bits per heavy atom. The average Bonchev–Trinajstić information content (AvgIpc) is 3.40. The van der Waals surface area contributed by atoms with Gasteiger partial charge in [-0.15, -0.1) is 0 Å². The number of hydrogen-bond donors (Lipinski definition) is 3. The smallest absolute Gasteiger partial charge is 0.372 e. The van der Waals surface area contributed by atoms with Gasteiger partial charge in [-0.1, -0.05) is 24.3 Å². The molecule has 1 aromatic heterocycles. The number of pyridine rings is 1. The number of nitrogens with one attached hydrogen (secondary N) is 1. The molecule has 1 spiro atoms. The van der Waals surface area contributed by atoms with Crippen LogP contribution in [0.4, 0.5) is 8.78 Å². The van der Waals surface area contributed by atoms with E-state index in [0.29, 0.717) is 39.0 Å². The summed E-state index contributed by atoms with van der Waals surface area (Å²) in [5, 5.41) is 18.8. The summed E-state index contributed by atoms with van der Waals surface area (Å²) < 4.78 is 91.0. The Hall–Kier alpha value is -2.79. The first kappa shape index (κ1) is 31.6. The quantitative estimate of drug-likeness (QED) is 0.283. The fourth-order valence-corrected chi connectivity index (χ4v) is 7.81. The summed E-state index contributed by atoms with van der Waals surface area (Å²) in [4.78, 5) is 3.73. The summed E-state index contributed by atoms with van der Waals surface area (Å²) in [7, 11) is -8.82. The third-order valence-electron chi connectivity index (χ3n) is 7.82. The Labute approximate surface area is 248 Å². The lowest BCUT2D eigenvalue weighted by Crippen LogP contribution is -2.47. The number of benzene rings is 2. The van der Waals surface area contributed by atoms with Crippen molar-refractivity contribution in [2.24, 2.45) is 0 Å². The molecule has 1 unspecified atom stereocenters. The second-order valence-electron chi connectivity index (χ2n) is 10.8. The van der Waals surface area contributed by atoms with Crippen molar-refractivity contribution in [2.75, 3.05) is 39.5 Å². The largest absolute Gasteiger partial charge is 0.491 e. The van der Waals surface area contributed by atoms with Crippen LogP contribution in [0.25, 0.3) is 10.9 Å². The Morgan fingerprint density at radius 1 is 1.09 bits per heavy atom. The maximum absolute atomic E-state index is 13.7. The van der Waals surface area contributed by atoms with Crippen molar-refractivity contribution in [3.05, 3.63) is 60.8 Å². The highest BCUT2D eigenvalue weighted by Crippen LogP contribution is 2.37. The van der Waals surface area contributed by atoms with Crippen LogP contribution in [-0.4, -0.2) is 98.8 Å². The zero-order chi connectivity index (χ0) is 30.9. The van der Waals surface area contributed by atoms with E-state index in [1.807, 2.05) is 24.3 Å². The molecule has 2 aromatic carbocycles. The van der Waals surface area contributed by atoms with Crippen LogP contribution in [0.2, 0.25) is 0 Å². The molecule has 2 saturated heterocycles. The van der Waals surface area contributed by atoms with Gasteiger partial charge in [-0.05, 0) is 49.6 Å². The van der Waals surface area contributed by atoms with E-state index in [1.165, 1.54) is 22.6 Å². The fraction of sp³-hybridized carbons (Fsp3) is 0.464. The molecule has 15 heteroatoms. The molecule has 2 atom stereocenters. The van der Waals surface area contributed by atoms with Crippen LogP contribution < -0.4 is 10.1 Å². The van der Waals surface area contributed by atoms with Gasteiger partial charge in [0.25, 0.3) is 0 Å². The van der Waals surface area contributed by atoms with Crippen molar-refractivity contribution in [3.63, 3.8) is 0 Å². The molecule has 0 saturated carbocycles. The molecular formula is C28H33F2N3O8S2. The lowest BCUT2D eigenvalue weighted by atomic mass is 9.88. The summed E-state index contributed by atoms with van der Waals surface area (Å²) in [5.41, 5.74) is 0.245. The molecule has 43 heavy (non-hydrogen) atoms. The number of rotatable bonds is 11. The standard InChI is InChI=1S/C28H33F2N3O8S2/c29-28(30,19-34)42(36,37)24-6-3-5-23(13-24)40-18-22(35)15-31-21-14-27(41-17-21)8-10-33(11-9-27)43(38,39)25-12-20-4-1-2-7-26(20)32-16-25/h1-7,12-13,16,21-22,31,34-35H,8-11,14-15,17-19H2/t21-,22?/m1/s1. The molecule has 5 rings (SSSR count). The highest BCUT2D eigenvalue weighted by atomic mass is 32.2. The number of alkyl halides is 2. The number of sulfone groups is 1. The topological polar surface area (TPSA) is 155 Å². The van der Waals surface area contributed by atoms with Gasteiger partial charge in [0.2, 0.25) is 19.9 Å². The van der Waals surface area contributed by atoms with E-state index in [-0.39, 0.29) is 29.8 Å². The number of sulfonamides is 1. The summed E-state index contributed by atoms with van der Waals surface area (Å²) in [6.45, 7) is -0.970. The SMILES string of the molecule is O=S(=O)(c1cnc2ccccc2c1)N1CCC2(CC1)C[C@@H](NCC(O)COc1cccc(S(=O)(=O)C(F)(F)CO)c1)CO2. The number of fused-ring (bicyclic) bond motifs is 1. The van der Waals surface area contributed by atoms with E-state index in [9.17, 15) is 30.7 Å². The van der Waals surface area contributed by atoms with Gasteiger partial charge in [-0.2, -0.15) is 13.1 Å². The number of hydrogen-bond acceptors (Lipinski definition) is 10. The third kappa shape index (κ3) is 6.67. The minimum absolute atomic E-state index is 0.0294. The number of halogens is 2. The van der Waals surface area contributed by atoms with Crippen LogP contribution in [-0.2, 0) is 24.6 Å². The van der Waals surface area contributed by atoms with Gasteiger partial charge in [0, 0.05) is 37.3 Å². The van der Waals surface area contributed by atoms with E-state index in [0.717, 1.165) is 23.0 Å². The monoisotopic (exact) mass is 641 g/mol. The van der Waals surface area contributed by atoms with Gasteiger partial charge in [-0.3, -0.25) is 4.98 Å². The van der Waals surface area contributed by atoms with Crippen LogP contribution >= 0.6 is 0 Å². The predicted molar refractivity (Wildman–Crippen MR) is 152 cm³/mol. The molecule has 3 heterocycles. The number of ether oxygens (including phenoxy) is 2. The van der Waals surface area contributed by atoms with Crippen molar-refractivity contribution >= 4 is 30.8 Å². The molecule has 0 radical (unpaired) electrons. The van der Waals surface area contributed by atoms with Crippen molar-refractivity contribution in [1.29, 1.82) is 0 Å². The number of piperidine rings is 1. The van der Waals surface area contributed by atoms with Crippen LogP contribution in [0.5, 0.6) is 5.75 Å². The molecular weight excluding hydrogens is 608 g/mol. The first-order valence-electron chi connectivity index (χ1n) is 13.7. The van der Waals surface area contributed by atoms with Crippen LogP contribution in [0.15, 0.2) is 70.6 Å². The molecule has 2 aliphatic rings. The van der Waals surface area contributed by atoms with Crippen LogP contribution in [0.1, 0.15) is 19.3 Å². The van der Waals surface area contributed by atoms with Gasteiger partial charge in [0.15, 0.2) is 0 Å². The third-order valence-corrected chi connectivity index (χ3v) is 11.5. The second kappa shape index (κ2) is 12.3. The van der Waals surface area contributed by atoms with Crippen molar-refractivity contribution in [1.82, 2.24) is 14.6 Å². The minimum atomic E-state index is -5.11. The lowest BCUT2D eigenvalue weighted by Gasteiger charge is -2.38. The number of para-hydroxylation sites is 1. The van der Waals surface area contributed by atoms with Gasteiger partial charge in [-0.25, -0.2) is 16.8 Å². The second-order valence-corrected chi connectivity index (χ2v) is 14.8. The molecule has 2 fully saturated rings. The van der Waals surface area contributed by atoms with E-state index in [1.54, 1.807) is 6.07 Å². The molecule has 3 aromatic rings. The number of aliphatic hydroxyl groups excluding tert-OH is 2. The van der Waals surface area contributed by atoms with Gasteiger partial charge in [0.05, 0.1) is 22.6 Å². The number of aliphatic hydroxyl groups is 2. The summed E-state index contributed by atoms with van der Waals surface area (Å²) in [5.74, 6) is -0.0294. The van der Waals surface area contributed by atoms with E-state index in [4.69, 9.17) is 14.6 Å². The maximum Gasteiger partial charge on any atom is 0.372 e. The fourth-order valence-electron chi connectivity index (χ4n) is 5.34. The highest BCUT2D eigenvalue weighted by molar-refractivity contribution is 7.92. The minimum Gasteiger partial charge on any atom is -0.491 e. The molecule has 0 amide bonds. The Balaban J connectivity index is 1.09. The van der Waals surface area contributed by atoms with Gasteiger partial charge >= 0.3 is 5.25 Å². The molecule has 234 valence electrons. The lowest BCUT2D eigenvalue weighted by molar-refractivity contribution is -0.0312. The zero-order valence-corrected chi connectivity index (χ0v) is 24.7. The summed E-state index contributed by atoms with van der Waals surface area (Å²) in [6, 6.07) is 13.4. The van der Waals surface area contributed by atoms with Crippen LogP contribution in [0, 0.1) is 0 Å². The van der Waals surface area contributed by atoms with Crippen molar-refractivity contribution in [2.45, 2.75) is 52.1 Å². The molecule has 11 nitrogen and oxygen atoms in total. The Morgan fingerprint density at radius 2 is 1.84 bits per heavy atom. The normalized spacial score (nSPS) is 20.4. The molecule has 0 bridgehead atoms. The van der Waals surface area contributed by atoms with Crippen LogP contribution in [0.3, 0.4) is 0 Å². The summed E-state index contributed by atoms with van der Waals surface area (Å²) >= 11 is 0. The predicted octanol–water partition coefficient (Wildman–Crippen LogP) is 1.94. The number of nitrogens with zero attached hydrogens (tertiary/aromatic N) is 2. The van der Waals surface area contributed by atoms with Gasteiger partial charge in [0.1, 0.15) is 30.0 Å². The average molecular weight is 642 g/mol. The first-order valence-corrected chi connectivity index (χ1v) is 16.6. The molecule has 2 aliphatic heterocycles. The van der Waals surface area contributed by atoms with Gasteiger partial charge < -0.3 is 25.0 Å². The Kier molecular flexibility index (Phi) is 9.05. The molecule has 0 aliphatic carbocycles. The van der Waals surface area contributed by atoms with E-state index < -0.39 is 48.3 Å². The first-order chi connectivity index (χ1) is 20.4. The number of aromatic nitrogens is 1. The zero-order valence-electron chi connectivity index (χ0n) is 23.1. The van der Waals surface area contributed by atoms with E-state index in [2.05, 4.69) is 10.3 Å².